The van der Waals surface area contributed by atoms with E-state index in [-0.39, 0.29) is 11.3 Å². The molecule has 0 saturated carbocycles. The van der Waals surface area contributed by atoms with Gasteiger partial charge in [0.15, 0.2) is 0 Å². The summed E-state index contributed by atoms with van der Waals surface area (Å²) in [6, 6.07) is 4.39. The maximum absolute atomic E-state index is 10.9. The number of ether oxygens (including phenoxy) is 1. The smallest absolute Gasteiger partial charge is 0.335 e. The summed E-state index contributed by atoms with van der Waals surface area (Å²) < 4.78 is 5.67. The fourth-order valence-electron chi connectivity index (χ4n) is 1.98. The summed E-state index contributed by atoms with van der Waals surface area (Å²) >= 11 is 0. The van der Waals surface area contributed by atoms with Crippen molar-refractivity contribution in [2.75, 3.05) is 0 Å². The molecule has 0 unspecified atom stereocenters. The molecular formula is C15H10O4. The maximum atomic E-state index is 10.9. The Bertz CT molecular complexity index is 676. The molecule has 1 heterocycles. The minimum Gasteiger partial charge on any atom is -0.507 e. The number of carboxylic acids is 1. The number of aliphatic hydroxyl groups excluding tert-OH is 1. The molecule has 0 aromatic heterocycles. The van der Waals surface area contributed by atoms with Gasteiger partial charge >= 0.3 is 5.97 Å². The van der Waals surface area contributed by atoms with Crippen LogP contribution in [-0.2, 0) is 0 Å². The molecule has 0 radical (unpaired) electrons. The normalized spacial score (nSPS) is 16.1. The van der Waals surface area contributed by atoms with Crippen molar-refractivity contribution in [1.29, 1.82) is 0 Å². The zero-order valence-corrected chi connectivity index (χ0v) is 9.83. The molecule has 0 saturated heterocycles. The maximum Gasteiger partial charge on any atom is 0.335 e. The molecule has 1 aromatic rings. The highest BCUT2D eigenvalue weighted by Crippen LogP contribution is 2.34. The number of carbonyl (C=O) groups is 1. The third-order valence-corrected chi connectivity index (χ3v) is 2.94. The third kappa shape index (κ3) is 1.93. The van der Waals surface area contributed by atoms with Gasteiger partial charge in [-0.25, -0.2) is 4.79 Å². The predicted octanol–water partition coefficient (Wildman–Crippen LogP) is 3.06. The molecule has 19 heavy (non-hydrogen) atoms. The molecule has 0 spiro atoms. The van der Waals surface area contributed by atoms with Crippen molar-refractivity contribution in [3.05, 3.63) is 71.0 Å². The largest absolute Gasteiger partial charge is 0.507 e. The lowest BCUT2D eigenvalue weighted by molar-refractivity contribution is 0.0697. The Kier molecular flexibility index (Phi) is 2.49. The van der Waals surface area contributed by atoms with Gasteiger partial charge in [-0.05, 0) is 18.2 Å². The van der Waals surface area contributed by atoms with Gasteiger partial charge in [0.05, 0.1) is 11.1 Å². The zero-order chi connectivity index (χ0) is 13.4. The molecule has 3 rings (SSSR count). The highest BCUT2D eigenvalue weighted by molar-refractivity contribution is 5.89. The molecule has 1 aliphatic carbocycles. The van der Waals surface area contributed by atoms with Crippen molar-refractivity contribution in [3.8, 4) is 5.75 Å². The van der Waals surface area contributed by atoms with Crippen LogP contribution in [0.1, 0.15) is 15.9 Å². The standard InChI is InChI=1S/C15H10O4/c16-12-8-14(9-3-1-2-4-9)19-13-6-5-10(15(17)18)7-11(12)13/h1-8,16H,(H,17,18). The van der Waals surface area contributed by atoms with Crippen molar-refractivity contribution in [2.24, 2.45) is 0 Å². The first-order chi connectivity index (χ1) is 9.15. The minimum atomic E-state index is -1.04. The number of aromatic carboxylic acids is 1. The zero-order valence-electron chi connectivity index (χ0n) is 9.83. The van der Waals surface area contributed by atoms with Gasteiger partial charge in [0.2, 0.25) is 0 Å². The van der Waals surface area contributed by atoms with E-state index in [1.807, 2.05) is 24.3 Å². The first-order valence-corrected chi connectivity index (χ1v) is 5.70. The van der Waals surface area contributed by atoms with E-state index in [9.17, 15) is 9.90 Å². The van der Waals surface area contributed by atoms with Crippen molar-refractivity contribution in [1.82, 2.24) is 0 Å². The van der Waals surface area contributed by atoms with E-state index in [4.69, 9.17) is 9.84 Å². The number of hydrogen-bond acceptors (Lipinski definition) is 3. The Morgan fingerprint density at radius 1 is 1.16 bits per heavy atom. The summed E-state index contributed by atoms with van der Waals surface area (Å²) in [5, 5.41) is 18.9. The van der Waals surface area contributed by atoms with Crippen molar-refractivity contribution >= 4 is 11.7 Å². The molecule has 0 atom stereocenters. The van der Waals surface area contributed by atoms with Gasteiger partial charge in [-0.1, -0.05) is 24.3 Å². The summed E-state index contributed by atoms with van der Waals surface area (Å²) in [4.78, 5) is 10.9. The number of hydrogen-bond donors (Lipinski definition) is 2. The monoisotopic (exact) mass is 254 g/mol. The summed E-state index contributed by atoms with van der Waals surface area (Å²) in [6.07, 6.45) is 8.98. The molecule has 4 heteroatoms. The van der Waals surface area contributed by atoms with Crippen LogP contribution in [-0.4, -0.2) is 16.2 Å². The molecule has 2 aliphatic rings. The minimum absolute atomic E-state index is 0.000509. The van der Waals surface area contributed by atoms with Gasteiger partial charge in [-0.15, -0.1) is 0 Å². The first-order valence-electron chi connectivity index (χ1n) is 5.70. The van der Waals surface area contributed by atoms with Gasteiger partial charge in [0.1, 0.15) is 17.3 Å². The Morgan fingerprint density at radius 2 is 1.89 bits per heavy atom. The average molecular weight is 254 g/mol. The van der Waals surface area contributed by atoms with Crippen molar-refractivity contribution in [3.63, 3.8) is 0 Å². The van der Waals surface area contributed by atoms with E-state index in [2.05, 4.69) is 0 Å². The second-order valence-corrected chi connectivity index (χ2v) is 4.19. The Morgan fingerprint density at radius 3 is 2.58 bits per heavy atom. The van der Waals surface area contributed by atoms with Crippen LogP contribution >= 0.6 is 0 Å². The summed E-state index contributed by atoms with van der Waals surface area (Å²) in [5.41, 5.74) is 1.36. The van der Waals surface area contributed by atoms with Crippen LogP contribution in [0.2, 0.25) is 0 Å². The fourth-order valence-corrected chi connectivity index (χ4v) is 1.98. The number of carboxylic acid groups (broad SMARTS) is 1. The Labute approximate surface area is 109 Å². The first kappa shape index (κ1) is 11.3. The Balaban J connectivity index is 2.09. The highest BCUT2D eigenvalue weighted by atomic mass is 16.5. The molecular weight excluding hydrogens is 244 g/mol. The molecule has 94 valence electrons. The predicted molar refractivity (Wildman–Crippen MR) is 69.9 cm³/mol. The average Bonchev–Trinajstić information content (AvgIpc) is 2.92. The molecule has 2 N–H and O–H groups in total. The fraction of sp³-hybridized carbons (Fsp3) is 0. The van der Waals surface area contributed by atoms with E-state index in [0.717, 1.165) is 5.57 Å². The highest BCUT2D eigenvalue weighted by Gasteiger charge is 2.20. The number of benzene rings is 1. The van der Waals surface area contributed by atoms with Crippen LogP contribution in [0.3, 0.4) is 0 Å². The van der Waals surface area contributed by atoms with E-state index in [1.54, 1.807) is 6.07 Å². The number of fused-ring (bicyclic) bond motifs is 1. The lowest BCUT2D eigenvalue weighted by Crippen LogP contribution is -2.06. The van der Waals surface area contributed by atoms with Gasteiger partial charge in [0, 0.05) is 11.6 Å². The lowest BCUT2D eigenvalue weighted by Gasteiger charge is -2.18. The van der Waals surface area contributed by atoms with Gasteiger partial charge in [0.25, 0.3) is 0 Å². The summed E-state index contributed by atoms with van der Waals surface area (Å²) in [5.74, 6) is -0.0544. The van der Waals surface area contributed by atoms with Gasteiger partial charge < -0.3 is 14.9 Å². The third-order valence-electron chi connectivity index (χ3n) is 2.94. The quantitative estimate of drug-likeness (QED) is 0.808. The topological polar surface area (TPSA) is 66.8 Å². The van der Waals surface area contributed by atoms with Crippen LogP contribution in [0.15, 0.2) is 59.9 Å². The molecule has 1 aliphatic heterocycles. The van der Waals surface area contributed by atoms with E-state index in [1.165, 1.54) is 18.2 Å². The van der Waals surface area contributed by atoms with Crippen molar-refractivity contribution in [2.45, 2.75) is 0 Å². The second-order valence-electron chi connectivity index (χ2n) is 4.19. The van der Waals surface area contributed by atoms with Crippen LogP contribution < -0.4 is 4.74 Å². The molecule has 0 amide bonds. The SMILES string of the molecule is O=C(O)c1ccc2c(c1)C(O)=CC(=C1C=CC=C1)O2. The Hall–Kier alpha value is -2.75. The number of rotatable bonds is 1. The summed E-state index contributed by atoms with van der Waals surface area (Å²) in [6.45, 7) is 0. The van der Waals surface area contributed by atoms with Crippen LogP contribution in [0, 0.1) is 0 Å². The molecule has 1 aromatic carbocycles. The van der Waals surface area contributed by atoms with E-state index in [0.29, 0.717) is 17.1 Å². The van der Waals surface area contributed by atoms with Gasteiger partial charge in [-0.3, -0.25) is 0 Å². The molecule has 4 nitrogen and oxygen atoms in total. The molecule has 0 fully saturated rings. The number of aliphatic hydroxyl groups is 1. The van der Waals surface area contributed by atoms with Gasteiger partial charge in [-0.2, -0.15) is 0 Å². The van der Waals surface area contributed by atoms with Crippen molar-refractivity contribution < 1.29 is 19.7 Å². The van der Waals surface area contributed by atoms with Crippen LogP contribution in [0.4, 0.5) is 0 Å². The number of allylic oxidation sites excluding steroid dienone is 6. The molecule has 0 bridgehead atoms. The second kappa shape index (κ2) is 4.17. The lowest BCUT2D eigenvalue weighted by atomic mass is 10.0. The van der Waals surface area contributed by atoms with E-state index < -0.39 is 5.97 Å². The van der Waals surface area contributed by atoms with E-state index >= 15 is 0 Å². The van der Waals surface area contributed by atoms with Crippen LogP contribution in [0.25, 0.3) is 5.76 Å². The van der Waals surface area contributed by atoms with Crippen LogP contribution in [0.5, 0.6) is 5.75 Å². The summed E-state index contributed by atoms with van der Waals surface area (Å²) in [7, 11) is 0.